The van der Waals surface area contributed by atoms with Crippen LogP contribution in [0.2, 0.25) is 0 Å². The van der Waals surface area contributed by atoms with E-state index >= 15 is 0 Å². The minimum absolute atomic E-state index is 0.105. The molecule has 1 heterocycles. The summed E-state index contributed by atoms with van der Waals surface area (Å²) in [5.74, 6) is 0.299. The number of aromatic hydroxyl groups is 1. The summed E-state index contributed by atoms with van der Waals surface area (Å²) in [6, 6.07) is 32.0. The van der Waals surface area contributed by atoms with Gasteiger partial charge in [-0.3, -0.25) is 4.90 Å². The van der Waals surface area contributed by atoms with E-state index in [-0.39, 0.29) is 11.6 Å². The Morgan fingerprint density at radius 3 is 2.00 bits per heavy atom. The monoisotopic (exact) mass is 493 g/mol. The van der Waals surface area contributed by atoms with E-state index in [4.69, 9.17) is 9.98 Å². The number of nitrogens with zero attached hydrogens (tertiary/aromatic N) is 5. The van der Waals surface area contributed by atoms with Crippen LogP contribution in [-0.2, 0) is 0 Å². The van der Waals surface area contributed by atoms with Crippen molar-refractivity contribution in [2.45, 2.75) is 0 Å². The standard InChI is InChI=1S/C28H20FN5OS/c29-21-15-17-24(18-16-21)34-26(31-22-10-3-1-4-11-22)27(32-23-12-5-2-6-13-23)36-28(34)33-30-19-20-9-7-8-14-25(20)35/h1-19,35H/b30-19+,31-26?,32-27?,33-28-. The van der Waals surface area contributed by atoms with Crippen LogP contribution in [0.1, 0.15) is 5.56 Å². The number of rotatable bonds is 5. The molecule has 4 aromatic carbocycles. The van der Waals surface area contributed by atoms with Crippen molar-refractivity contribution in [3.8, 4) is 5.75 Å². The summed E-state index contributed by atoms with van der Waals surface area (Å²) in [5.41, 5.74) is 2.70. The Hall–Kier alpha value is -4.56. The molecule has 0 spiro atoms. The molecule has 0 saturated carbocycles. The molecule has 1 N–H and O–H groups in total. The fourth-order valence-electron chi connectivity index (χ4n) is 3.40. The first-order valence-corrected chi connectivity index (χ1v) is 11.9. The molecular weight excluding hydrogens is 473 g/mol. The Bertz CT molecular complexity index is 1470. The molecule has 1 aliphatic heterocycles. The number of benzene rings is 4. The zero-order valence-corrected chi connectivity index (χ0v) is 19.8. The second-order valence-electron chi connectivity index (χ2n) is 7.62. The van der Waals surface area contributed by atoms with E-state index in [0.29, 0.717) is 27.3 Å². The molecular formula is C28H20FN5OS. The summed E-state index contributed by atoms with van der Waals surface area (Å²) < 4.78 is 13.8. The van der Waals surface area contributed by atoms with Crippen molar-refractivity contribution in [3.05, 3.63) is 121 Å². The highest BCUT2D eigenvalue weighted by atomic mass is 32.2. The fourth-order valence-corrected chi connectivity index (χ4v) is 4.33. The summed E-state index contributed by atoms with van der Waals surface area (Å²) in [5, 5.41) is 19.8. The Labute approximate surface area is 211 Å². The molecule has 0 aliphatic carbocycles. The van der Waals surface area contributed by atoms with E-state index in [1.54, 1.807) is 41.3 Å². The van der Waals surface area contributed by atoms with Crippen molar-refractivity contribution in [2.24, 2.45) is 20.2 Å². The summed E-state index contributed by atoms with van der Waals surface area (Å²) in [7, 11) is 0. The van der Waals surface area contributed by atoms with Crippen molar-refractivity contribution < 1.29 is 9.50 Å². The minimum atomic E-state index is -0.346. The molecule has 0 unspecified atom stereocenters. The lowest BCUT2D eigenvalue weighted by molar-refractivity contribution is 0.474. The molecule has 36 heavy (non-hydrogen) atoms. The third-order valence-electron chi connectivity index (χ3n) is 5.12. The van der Waals surface area contributed by atoms with Crippen molar-refractivity contribution in [3.63, 3.8) is 0 Å². The molecule has 0 radical (unpaired) electrons. The number of hydrogen-bond donors (Lipinski definition) is 1. The Kier molecular flexibility index (Phi) is 6.95. The SMILES string of the molecule is Oc1ccccc1/C=N/N=C1\SC(=Nc2ccccc2)C(=Nc2ccccc2)N1c1ccc(F)cc1. The van der Waals surface area contributed by atoms with Crippen LogP contribution in [0.25, 0.3) is 0 Å². The highest BCUT2D eigenvalue weighted by molar-refractivity contribution is 8.29. The lowest BCUT2D eigenvalue weighted by Crippen LogP contribution is -2.30. The van der Waals surface area contributed by atoms with Gasteiger partial charge in [-0.2, -0.15) is 5.10 Å². The third kappa shape index (κ3) is 5.39. The largest absolute Gasteiger partial charge is 0.507 e. The minimum Gasteiger partial charge on any atom is -0.507 e. The molecule has 5 rings (SSSR count). The maximum Gasteiger partial charge on any atom is 0.202 e. The van der Waals surface area contributed by atoms with Gasteiger partial charge in [0.05, 0.1) is 17.6 Å². The first-order chi connectivity index (χ1) is 17.7. The van der Waals surface area contributed by atoms with E-state index in [9.17, 15) is 9.50 Å². The van der Waals surface area contributed by atoms with Crippen molar-refractivity contribution >= 4 is 51.1 Å². The molecule has 1 aliphatic rings. The number of phenolic OH excluding ortho intramolecular Hbond substituents is 1. The number of hydrogen-bond acceptors (Lipinski definition) is 6. The normalized spacial score (nSPS) is 17.0. The van der Waals surface area contributed by atoms with E-state index in [1.165, 1.54) is 30.1 Å². The number of amidine groups is 2. The molecule has 8 heteroatoms. The van der Waals surface area contributed by atoms with Crippen molar-refractivity contribution in [2.75, 3.05) is 4.90 Å². The van der Waals surface area contributed by atoms with E-state index in [0.717, 1.165) is 11.4 Å². The Balaban J connectivity index is 1.63. The second kappa shape index (κ2) is 10.8. The van der Waals surface area contributed by atoms with Gasteiger partial charge in [0.15, 0.2) is 5.84 Å². The van der Waals surface area contributed by atoms with Crippen molar-refractivity contribution in [1.82, 2.24) is 0 Å². The first-order valence-electron chi connectivity index (χ1n) is 11.1. The molecule has 4 aromatic rings. The topological polar surface area (TPSA) is 72.9 Å². The number of thioether (sulfide) groups is 1. The van der Waals surface area contributed by atoms with Crippen molar-refractivity contribution in [1.29, 1.82) is 0 Å². The first kappa shape index (κ1) is 23.2. The van der Waals surface area contributed by atoms with Gasteiger partial charge in [0.1, 0.15) is 16.6 Å². The molecule has 0 bridgehead atoms. The lowest BCUT2D eigenvalue weighted by atomic mass is 10.2. The van der Waals surface area contributed by atoms with Crippen LogP contribution in [0.15, 0.2) is 129 Å². The quantitative estimate of drug-likeness (QED) is 0.242. The van der Waals surface area contributed by atoms with Gasteiger partial charge in [-0.25, -0.2) is 14.4 Å². The molecule has 0 atom stereocenters. The number of para-hydroxylation sites is 3. The van der Waals surface area contributed by atoms with Gasteiger partial charge in [-0.1, -0.05) is 48.5 Å². The maximum atomic E-state index is 13.8. The molecule has 1 saturated heterocycles. The average Bonchev–Trinajstić information content (AvgIpc) is 3.23. The Morgan fingerprint density at radius 2 is 1.33 bits per heavy atom. The van der Waals surface area contributed by atoms with Gasteiger partial charge < -0.3 is 5.11 Å². The van der Waals surface area contributed by atoms with Gasteiger partial charge >= 0.3 is 0 Å². The highest BCUT2D eigenvalue weighted by Gasteiger charge is 2.35. The van der Waals surface area contributed by atoms with Gasteiger partial charge in [-0.05, 0) is 72.4 Å². The van der Waals surface area contributed by atoms with Crippen LogP contribution in [0.5, 0.6) is 5.75 Å². The van der Waals surface area contributed by atoms with Crippen LogP contribution in [0.3, 0.4) is 0 Å². The predicted molar refractivity (Wildman–Crippen MR) is 147 cm³/mol. The number of aliphatic imine (C=N–C) groups is 2. The molecule has 0 aromatic heterocycles. The summed E-state index contributed by atoms with van der Waals surface area (Å²) in [6.07, 6.45) is 1.48. The summed E-state index contributed by atoms with van der Waals surface area (Å²) >= 11 is 1.30. The number of anilines is 1. The molecule has 176 valence electrons. The molecule has 1 fully saturated rings. The van der Waals surface area contributed by atoms with Crippen LogP contribution in [-0.4, -0.2) is 27.4 Å². The van der Waals surface area contributed by atoms with Gasteiger partial charge in [0.2, 0.25) is 5.17 Å². The highest BCUT2D eigenvalue weighted by Crippen LogP contribution is 2.33. The Morgan fingerprint density at radius 1 is 0.722 bits per heavy atom. The molecule has 0 amide bonds. The van der Waals surface area contributed by atoms with E-state index in [1.807, 2.05) is 60.7 Å². The van der Waals surface area contributed by atoms with Crippen LogP contribution >= 0.6 is 11.8 Å². The number of phenols is 1. The number of halogens is 1. The zero-order valence-electron chi connectivity index (χ0n) is 18.9. The van der Waals surface area contributed by atoms with Crippen LogP contribution in [0.4, 0.5) is 21.5 Å². The summed E-state index contributed by atoms with van der Waals surface area (Å²) in [6.45, 7) is 0. The summed E-state index contributed by atoms with van der Waals surface area (Å²) in [4.78, 5) is 11.5. The van der Waals surface area contributed by atoms with E-state index in [2.05, 4.69) is 10.2 Å². The van der Waals surface area contributed by atoms with Gasteiger partial charge in [-0.15, -0.1) is 5.10 Å². The molecule has 6 nitrogen and oxygen atoms in total. The fraction of sp³-hybridized carbons (Fsp3) is 0. The van der Waals surface area contributed by atoms with Crippen LogP contribution < -0.4 is 4.90 Å². The maximum absolute atomic E-state index is 13.8. The predicted octanol–water partition coefficient (Wildman–Crippen LogP) is 6.94. The van der Waals surface area contributed by atoms with Gasteiger partial charge in [0, 0.05) is 11.3 Å². The smallest absolute Gasteiger partial charge is 0.202 e. The van der Waals surface area contributed by atoms with Crippen LogP contribution in [0, 0.1) is 5.82 Å². The second-order valence-corrected chi connectivity index (χ2v) is 8.58. The third-order valence-corrected chi connectivity index (χ3v) is 6.04. The average molecular weight is 494 g/mol. The zero-order chi connectivity index (χ0) is 24.7. The lowest BCUT2D eigenvalue weighted by Gasteiger charge is -2.18. The van der Waals surface area contributed by atoms with E-state index < -0.39 is 0 Å². The van der Waals surface area contributed by atoms with Gasteiger partial charge in [0.25, 0.3) is 0 Å².